The van der Waals surface area contributed by atoms with E-state index >= 15 is 0 Å². The largest absolute Gasteiger partial charge is 0.478 e. The fourth-order valence-electron chi connectivity index (χ4n) is 1.11. The van der Waals surface area contributed by atoms with Gasteiger partial charge in [-0.1, -0.05) is 11.8 Å². The molecule has 0 aliphatic rings. The number of anilines is 1. The minimum Gasteiger partial charge on any atom is -0.478 e. The van der Waals surface area contributed by atoms with Crippen LogP contribution < -0.4 is 5.73 Å². The number of carboxylic acids is 1. The van der Waals surface area contributed by atoms with Crippen molar-refractivity contribution in [2.75, 3.05) is 5.73 Å². The second-order valence-electron chi connectivity index (χ2n) is 2.96. The first-order valence-electron chi connectivity index (χ1n) is 4.37. The van der Waals surface area contributed by atoms with Crippen LogP contribution in [-0.4, -0.2) is 16.1 Å². The molecule has 0 aliphatic carbocycles. The molecule has 0 amide bonds. The van der Waals surface area contributed by atoms with Gasteiger partial charge in [0.2, 0.25) is 0 Å². The zero-order chi connectivity index (χ0) is 11.5. The molecule has 0 spiro atoms. The van der Waals surface area contributed by atoms with E-state index in [0.29, 0.717) is 5.69 Å². The zero-order valence-electron chi connectivity index (χ0n) is 8.08. The number of thiazole rings is 1. The lowest BCUT2D eigenvalue weighted by atomic mass is 10.2. The van der Waals surface area contributed by atoms with E-state index in [1.165, 1.54) is 29.2 Å². The number of rotatable bonds is 3. The number of hydrogen-bond acceptors (Lipinski definition) is 5. The van der Waals surface area contributed by atoms with Gasteiger partial charge < -0.3 is 10.8 Å². The van der Waals surface area contributed by atoms with Crippen LogP contribution in [-0.2, 0) is 0 Å². The first-order valence-corrected chi connectivity index (χ1v) is 6.06. The Balaban J connectivity index is 2.32. The zero-order valence-corrected chi connectivity index (χ0v) is 9.72. The van der Waals surface area contributed by atoms with Gasteiger partial charge in [-0.05, 0) is 18.2 Å². The van der Waals surface area contributed by atoms with Crippen molar-refractivity contribution in [3.8, 4) is 0 Å². The average molecular weight is 252 g/mol. The lowest BCUT2D eigenvalue weighted by Crippen LogP contribution is -1.98. The molecule has 0 bridgehead atoms. The molecule has 4 nitrogen and oxygen atoms in total. The molecule has 1 aromatic carbocycles. The normalized spacial score (nSPS) is 10.2. The number of carbonyl (C=O) groups is 1. The number of carboxylic acid groups (broad SMARTS) is 1. The second-order valence-corrected chi connectivity index (χ2v) is 5.14. The van der Waals surface area contributed by atoms with Crippen molar-refractivity contribution in [1.29, 1.82) is 0 Å². The van der Waals surface area contributed by atoms with Gasteiger partial charge in [0.05, 0.1) is 5.56 Å². The quantitative estimate of drug-likeness (QED) is 0.821. The Morgan fingerprint density at radius 2 is 2.31 bits per heavy atom. The summed E-state index contributed by atoms with van der Waals surface area (Å²) in [6.45, 7) is 0. The molecule has 0 fully saturated rings. The number of benzene rings is 1. The summed E-state index contributed by atoms with van der Waals surface area (Å²) < 4.78 is 0.842. The fourth-order valence-corrected chi connectivity index (χ4v) is 2.77. The van der Waals surface area contributed by atoms with Gasteiger partial charge in [0.1, 0.15) is 0 Å². The smallest absolute Gasteiger partial charge is 0.335 e. The van der Waals surface area contributed by atoms with E-state index in [1.54, 1.807) is 18.3 Å². The van der Waals surface area contributed by atoms with Crippen molar-refractivity contribution in [2.45, 2.75) is 9.24 Å². The number of hydrogen-bond donors (Lipinski definition) is 2. The van der Waals surface area contributed by atoms with Crippen LogP contribution in [0.25, 0.3) is 0 Å². The first kappa shape index (κ1) is 11.0. The second kappa shape index (κ2) is 4.54. The average Bonchev–Trinajstić information content (AvgIpc) is 2.73. The number of aromatic nitrogens is 1. The van der Waals surface area contributed by atoms with E-state index in [4.69, 9.17) is 10.8 Å². The Morgan fingerprint density at radius 1 is 1.50 bits per heavy atom. The molecule has 2 rings (SSSR count). The van der Waals surface area contributed by atoms with Gasteiger partial charge >= 0.3 is 5.97 Å². The molecular formula is C10H8N2O2S2. The van der Waals surface area contributed by atoms with Crippen LogP contribution >= 0.6 is 23.1 Å². The van der Waals surface area contributed by atoms with Crippen LogP contribution in [0, 0.1) is 0 Å². The number of nitrogens with two attached hydrogens (primary N) is 1. The number of nitrogens with zero attached hydrogens (tertiary/aromatic N) is 1. The van der Waals surface area contributed by atoms with Crippen LogP contribution in [0.3, 0.4) is 0 Å². The van der Waals surface area contributed by atoms with Crippen molar-refractivity contribution in [3.63, 3.8) is 0 Å². The monoisotopic (exact) mass is 252 g/mol. The van der Waals surface area contributed by atoms with Gasteiger partial charge in [-0.25, -0.2) is 9.78 Å². The summed E-state index contributed by atoms with van der Waals surface area (Å²) >= 11 is 2.86. The van der Waals surface area contributed by atoms with Crippen LogP contribution in [0.1, 0.15) is 10.4 Å². The molecular weight excluding hydrogens is 244 g/mol. The molecule has 1 aromatic heterocycles. The van der Waals surface area contributed by atoms with Crippen molar-refractivity contribution in [2.24, 2.45) is 0 Å². The highest BCUT2D eigenvalue weighted by Gasteiger charge is 2.08. The third-order valence-electron chi connectivity index (χ3n) is 1.87. The molecule has 0 saturated heterocycles. The number of aromatic carboxylic acids is 1. The van der Waals surface area contributed by atoms with E-state index in [0.717, 1.165) is 9.24 Å². The molecule has 0 aliphatic heterocycles. The maximum absolute atomic E-state index is 10.8. The highest BCUT2D eigenvalue weighted by Crippen LogP contribution is 2.33. The van der Waals surface area contributed by atoms with Gasteiger partial charge in [-0.15, -0.1) is 11.3 Å². The van der Waals surface area contributed by atoms with Gasteiger partial charge in [0, 0.05) is 22.2 Å². The maximum atomic E-state index is 10.8. The van der Waals surface area contributed by atoms with E-state index in [9.17, 15) is 4.79 Å². The Bertz CT molecular complexity index is 512. The van der Waals surface area contributed by atoms with E-state index in [2.05, 4.69) is 4.98 Å². The van der Waals surface area contributed by atoms with Crippen LogP contribution in [0.2, 0.25) is 0 Å². The predicted molar refractivity (Wildman–Crippen MR) is 64.1 cm³/mol. The summed E-state index contributed by atoms with van der Waals surface area (Å²) in [6, 6.07) is 4.65. The molecule has 0 radical (unpaired) electrons. The lowest BCUT2D eigenvalue weighted by Gasteiger charge is -2.04. The van der Waals surface area contributed by atoms with Crippen molar-refractivity contribution in [1.82, 2.24) is 4.98 Å². The van der Waals surface area contributed by atoms with Crippen LogP contribution in [0.15, 0.2) is 39.0 Å². The lowest BCUT2D eigenvalue weighted by molar-refractivity contribution is 0.0696. The summed E-state index contributed by atoms with van der Waals surface area (Å²) in [6.07, 6.45) is 1.70. The standard InChI is InChI=1S/C10H8N2O2S2/c11-7-2-1-6(9(13)14)5-8(7)16-10-12-3-4-15-10/h1-5H,11H2,(H,13,14). The molecule has 0 atom stereocenters. The molecule has 0 unspecified atom stereocenters. The third-order valence-corrected chi connectivity index (χ3v) is 3.82. The Labute approximate surface area is 100 Å². The fraction of sp³-hybridized carbons (Fsp3) is 0. The number of nitrogen functional groups attached to an aromatic ring is 1. The summed E-state index contributed by atoms with van der Waals surface area (Å²) in [5.41, 5.74) is 6.56. The Morgan fingerprint density at radius 3 is 2.94 bits per heavy atom. The first-order chi connectivity index (χ1) is 7.66. The Hall–Kier alpha value is -1.53. The van der Waals surface area contributed by atoms with Crippen molar-refractivity contribution in [3.05, 3.63) is 35.3 Å². The van der Waals surface area contributed by atoms with E-state index in [1.807, 2.05) is 5.38 Å². The summed E-state index contributed by atoms with van der Waals surface area (Å²) in [5.74, 6) is -0.957. The van der Waals surface area contributed by atoms with E-state index in [-0.39, 0.29) is 5.56 Å². The molecule has 6 heteroatoms. The van der Waals surface area contributed by atoms with E-state index < -0.39 is 5.97 Å². The summed E-state index contributed by atoms with van der Waals surface area (Å²) in [7, 11) is 0. The molecule has 16 heavy (non-hydrogen) atoms. The van der Waals surface area contributed by atoms with Gasteiger partial charge in [-0.2, -0.15) is 0 Å². The molecule has 82 valence electrons. The summed E-state index contributed by atoms with van der Waals surface area (Å²) in [4.78, 5) is 15.6. The topological polar surface area (TPSA) is 76.2 Å². The van der Waals surface area contributed by atoms with Gasteiger partial charge in [-0.3, -0.25) is 0 Å². The minimum absolute atomic E-state index is 0.230. The molecule has 0 saturated carbocycles. The molecule has 3 N–H and O–H groups in total. The predicted octanol–water partition coefficient (Wildman–Crippen LogP) is 2.57. The molecule has 1 heterocycles. The van der Waals surface area contributed by atoms with Crippen molar-refractivity contribution < 1.29 is 9.90 Å². The van der Waals surface area contributed by atoms with Crippen LogP contribution in [0.4, 0.5) is 5.69 Å². The Kier molecular flexibility index (Phi) is 3.12. The SMILES string of the molecule is Nc1ccc(C(=O)O)cc1Sc1nccs1. The van der Waals surface area contributed by atoms with Gasteiger partial charge in [0.15, 0.2) is 4.34 Å². The maximum Gasteiger partial charge on any atom is 0.335 e. The third kappa shape index (κ3) is 2.34. The highest BCUT2D eigenvalue weighted by atomic mass is 32.2. The minimum atomic E-state index is -0.957. The molecule has 2 aromatic rings. The van der Waals surface area contributed by atoms with Crippen LogP contribution in [0.5, 0.6) is 0 Å². The summed E-state index contributed by atoms with van der Waals surface area (Å²) in [5, 5.41) is 10.7. The van der Waals surface area contributed by atoms with Crippen molar-refractivity contribution >= 4 is 34.8 Å². The van der Waals surface area contributed by atoms with Gasteiger partial charge in [0.25, 0.3) is 0 Å². The highest BCUT2D eigenvalue weighted by molar-refractivity contribution is 8.01.